The zero-order chi connectivity index (χ0) is 10.3. The van der Waals surface area contributed by atoms with E-state index in [1.54, 1.807) is 0 Å². The van der Waals surface area contributed by atoms with Gasteiger partial charge in [0.15, 0.2) is 0 Å². The molecule has 1 atom stereocenters. The van der Waals surface area contributed by atoms with Crippen LogP contribution in [0.15, 0.2) is 0 Å². The Morgan fingerprint density at radius 2 is 2.15 bits per heavy atom. The SMILES string of the molecule is CCCCC(=O)NCC(C)(O)CO. The summed E-state index contributed by atoms with van der Waals surface area (Å²) in [6.45, 7) is 3.25. The van der Waals surface area contributed by atoms with Crippen LogP contribution in [-0.4, -0.2) is 34.9 Å². The normalized spacial score (nSPS) is 15.1. The van der Waals surface area contributed by atoms with E-state index in [0.717, 1.165) is 12.8 Å². The van der Waals surface area contributed by atoms with Gasteiger partial charge in [-0.1, -0.05) is 13.3 Å². The molecule has 78 valence electrons. The smallest absolute Gasteiger partial charge is 0.220 e. The number of aliphatic hydroxyl groups excluding tert-OH is 1. The molecular weight excluding hydrogens is 170 g/mol. The van der Waals surface area contributed by atoms with Crippen LogP contribution >= 0.6 is 0 Å². The molecule has 0 aliphatic heterocycles. The van der Waals surface area contributed by atoms with Gasteiger partial charge in [-0.05, 0) is 13.3 Å². The first-order valence-corrected chi connectivity index (χ1v) is 4.62. The first kappa shape index (κ1) is 12.4. The van der Waals surface area contributed by atoms with Crippen molar-refractivity contribution >= 4 is 5.91 Å². The number of unbranched alkanes of at least 4 members (excludes halogenated alkanes) is 1. The highest BCUT2D eigenvalue weighted by Crippen LogP contribution is 1.99. The molecule has 0 aromatic heterocycles. The van der Waals surface area contributed by atoms with Gasteiger partial charge in [0.25, 0.3) is 0 Å². The molecule has 0 rings (SSSR count). The lowest BCUT2D eigenvalue weighted by Crippen LogP contribution is -2.43. The molecule has 0 bridgehead atoms. The molecule has 3 N–H and O–H groups in total. The van der Waals surface area contributed by atoms with E-state index in [1.807, 2.05) is 6.92 Å². The molecule has 0 aliphatic rings. The summed E-state index contributed by atoms with van der Waals surface area (Å²) in [6, 6.07) is 0. The van der Waals surface area contributed by atoms with Crippen molar-refractivity contribution in [2.45, 2.75) is 38.7 Å². The highest BCUT2D eigenvalue weighted by Gasteiger charge is 2.19. The van der Waals surface area contributed by atoms with E-state index in [-0.39, 0.29) is 19.1 Å². The first-order chi connectivity index (χ1) is 6.02. The van der Waals surface area contributed by atoms with Gasteiger partial charge in [0.05, 0.1) is 6.61 Å². The maximum Gasteiger partial charge on any atom is 0.220 e. The maximum absolute atomic E-state index is 11.1. The highest BCUT2D eigenvalue weighted by molar-refractivity contribution is 5.75. The zero-order valence-corrected chi connectivity index (χ0v) is 8.34. The summed E-state index contributed by atoms with van der Waals surface area (Å²) < 4.78 is 0. The number of aliphatic hydroxyl groups is 2. The monoisotopic (exact) mass is 189 g/mol. The molecule has 0 aromatic carbocycles. The molecule has 13 heavy (non-hydrogen) atoms. The van der Waals surface area contributed by atoms with Crippen molar-refractivity contribution in [2.75, 3.05) is 13.2 Å². The van der Waals surface area contributed by atoms with Gasteiger partial charge in [0.2, 0.25) is 5.91 Å². The Balaban J connectivity index is 3.57. The van der Waals surface area contributed by atoms with Crippen molar-refractivity contribution in [2.24, 2.45) is 0 Å². The fraction of sp³-hybridized carbons (Fsp3) is 0.889. The minimum absolute atomic E-state index is 0.0735. The van der Waals surface area contributed by atoms with Crippen LogP contribution in [-0.2, 0) is 4.79 Å². The first-order valence-electron chi connectivity index (χ1n) is 4.62. The van der Waals surface area contributed by atoms with Gasteiger partial charge in [0.1, 0.15) is 5.60 Å². The predicted molar refractivity (Wildman–Crippen MR) is 50.2 cm³/mol. The number of carbonyl (C=O) groups excluding carboxylic acids is 1. The minimum atomic E-state index is -1.21. The van der Waals surface area contributed by atoms with Crippen LogP contribution in [0.2, 0.25) is 0 Å². The lowest BCUT2D eigenvalue weighted by atomic mass is 10.1. The number of amides is 1. The van der Waals surface area contributed by atoms with E-state index in [9.17, 15) is 9.90 Å². The third-order valence-corrected chi connectivity index (χ3v) is 1.76. The third-order valence-electron chi connectivity index (χ3n) is 1.76. The van der Waals surface area contributed by atoms with Crippen LogP contribution in [0.1, 0.15) is 33.1 Å². The van der Waals surface area contributed by atoms with Crippen molar-refractivity contribution in [3.8, 4) is 0 Å². The Morgan fingerprint density at radius 1 is 1.54 bits per heavy atom. The molecule has 0 aromatic rings. The Labute approximate surface area is 79.0 Å². The molecule has 4 nitrogen and oxygen atoms in total. The minimum Gasteiger partial charge on any atom is -0.393 e. The Hall–Kier alpha value is -0.610. The molecule has 0 saturated carbocycles. The molecule has 0 radical (unpaired) electrons. The van der Waals surface area contributed by atoms with Gasteiger partial charge in [-0.2, -0.15) is 0 Å². The number of carbonyl (C=O) groups is 1. The number of nitrogens with one attached hydrogen (secondary N) is 1. The Kier molecular flexibility index (Phi) is 5.66. The molecular formula is C9H19NO3. The van der Waals surface area contributed by atoms with Crippen molar-refractivity contribution in [3.05, 3.63) is 0 Å². The number of hydrogen-bond acceptors (Lipinski definition) is 3. The van der Waals surface area contributed by atoms with E-state index in [4.69, 9.17) is 5.11 Å². The fourth-order valence-electron chi connectivity index (χ4n) is 0.771. The lowest BCUT2D eigenvalue weighted by molar-refractivity contribution is -0.122. The van der Waals surface area contributed by atoms with Crippen LogP contribution in [0.25, 0.3) is 0 Å². The van der Waals surface area contributed by atoms with Crippen LogP contribution in [0.5, 0.6) is 0 Å². The van der Waals surface area contributed by atoms with Gasteiger partial charge in [-0.15, -0.1) is 0 Å². The lowest BCUT2D eigenvalue weighted by Gasteiger charge is -2.20. The van der Waals surface area contributed by atoms with Crippen molar-refractivity contribution < 1.29 is 15.0 Å². The molecule has 4 heteroatoms. The van der Waals surface area contributed by atoms with Crippen LogP contribution < -0.4 is 5.32 Å². The van der Waals surface area contributed by atoms with E-state index >= 15 is 0 Å². The third kappa shape index (κ3) is 6.54. The highest BCUT2D eigenvalue weighted by atomic mass is 16.3. The van der Waals surface area contributed by atoms with E-state index < -0.39 is 5.60 Å². The van der Waals surface area contributed by atoms with Gasteiger partial charge in [-0.25, -0.2) is 0 Å². The molecule has 0 aliphatic carbocycles. The quantitative estimate of drug-likeness (QED) is 0.552. The summed E-state index contributed by atoms with van der Waals surface area (Å²) in [5.74, 6) is -0.0735. The van der Waals surface area contributed by atoms with Crippen LogP contribution in [0, 0.1) is 0 Å². The van der Waals surface area contributed by atoms with Crippen molar-refractivity contribution in [1.29, 1.82) is 0 Å². The number of rotatable bonds is 6. The summed E-state index contributed by atoms with van der Waals surface area (Å²) in [5, 5.41) is 20.6. The average molecular weight is 189 g/mol. The number of hydrogen-bond donors (Lipinski definition) is 3. The molecule has 0 spiro atoms. The largest absolute Gasteiger partial charge is 0.393 e. The van der Waals surface area contributed by atoms with Crippen molar-refractivity contribution in [3.63, 3.8) is 0 Å². The second kappa shape index (κ2) is 5.94. The van der Waals surface area contributed by atoms with E-state index in [2.05, 4.69) is 5.32 Å². The summed E-state index contributed by atoms with van der Waals surface area (Å²) >= 11 is 0. The van der Waals surface area contributed by atoms with E-state index in [0.29, 0.717) is 6.42 Å². The zero-order valence-electron chi connectivity index (χ0n) is 8.34. The standard InChI is InChI=1S/C9H19NO3/c1-3-4-5-8(12)10-6-9(2,13)7-11/h11,13H,3-7H2,1-2H3,(H,10,12). The average Bonchev–Trinajstić information content (AvgIpc) is 2.11. The molecule has 1 unspecified atom stereocenters. The molecule has 0 heterocycles. The van der Waals surface area contributed by atoms with Gasteiger partial charge in [0, 0.05) is 13.0 Å². The second-order valence-corrected chi connectivity index (χ2v) is 3.54. The van der Waals surface area contributed by atoms with Gasteiger partial charge < -0.3 is 15.5 Å². The topological polar surface area (TPSA) is 69.6 Å². The van der Waals surface area contributed by atoms with E-state index in [1.165, 1.54) is 6.92 Å². The molecule has 1 amide bonds. The Morgan fingerprint density at radius 3 is 2.62 bits per heavy atom. The summed E-state index contributed by atoms with van der Waals surface area (Å²) in [6.07, 6.45) is 2.31. The van der Waals surface area contributed by atoms with Crippen molar-refractivity contribution in [1.82, 2.24) is 5.32 Å². The van der Waals surface area contributed by atoms with Gasteiger partial charge in [-0.3, -0.25) is 4.79 Å². The maximum atomic E-state index is 11.1. The second-order valence-electron chi connectivity index (χ2n) is 3.54. The van der Waals surface area contributed by atoms with Crippen LogP contribution in [0.3, 0.4) is 0 Å². The van der Waals surface area contributed by atoms with Gasteiger partial charge >= 0.3 is 0 Å². The predicted octanol–water partition coefficient (Wildman–Crippen LogP) is 0.0361. The Bertz CT molecular complexity index is 157. The van der Waals surface area contributed by atoms with Crippen LogP contribution in [0.4, 0.5) is 0 Å². The molecule has 0 fully saturated rings. The summed E-state index contributed by atoms with van der Waals surface area (Å²) in [5.41, 5.74) is -1.21. The summed E-state index contributed by atoms with van der Waals surface area (Å²) in [4.78, 5) is 11.1. The summed E-state index contributed by atoms with van der Waals surface area (Å²) in [7, 11) is 0. The molecule has 0 saturated heterocycles. The fourth-order valence-corrected chi connectivity index (χ4v) is 0.771.